The van der Waals surface area contributed by atoms with Crippen LogP contribution in [0, 0.1) is 0 Å². The molecule has 1 heterocycles. The number of rotatable bonds is 4. The zero-order valence-corrected chi connectivity index (χ0v) is 10.9. The lowest BCUT2D eigenvalue weighted by atomic mass is 10.2. The third-order valence-corrected chi connectivity index (χ3v) is 2.77. The largest absolute Gasteiger partial charge is 0.497 e. The van der Waals surface area contributed by atoms with Gasteiger partial charge in [0, 0.05) is 11.8 Å². The van der Waals surface area contributed by atoms with Crippen LogP contribution < -0.4 is 4.74 Å². The van der Waals surface area contributed by atoms with Gasteiger partial charge in [-0.25, -0.2) is 4.68 Å². The molecule has 5 nitrogen and oxygen atoms in total. The van der Waals surface area contributed by atoms with Crippen molar-refractivity contribution < 1.29 is 27.8 Å². The Bertz CT molecular complexity index is 648. The Morgan fingerprint density at radius 2 is 1.95 bits per heavy atom. The second-order valence-electron chi connectivity index (χ2n) is 4.13. The van der Waals surface area contributed by atoms with Crippen molar-refractivity contribution >= 4 is 5.78 Å². The summed E-state index contributed by atoms with van der Waals surface area (Å²) in [5, 5.41) is 12.7. The lowest BCUT2D eigenvalue weighted by Crippen LogP contribution is -2.24. The number of hydrogen-bond acceptors (Lipinski definition) is 4. The zero-order valence-electron chi connectivity index (χ0n) is 10.9. The molecule has 112 valence electrons. The third kappa shape index (κ3) is 3.05. The fourth-order valence-electron chi connectivity index (χ4n) is 1.72. The number of benzene rings is 1. The molecule has 0 amide bonds. The standard InChI is InChI=1S/C13H11F3N2O3/c1-21-10-4-2-9(3-5-10)18-6-8(7-19)11(17-18)12(20)13(14,15)16/h2-6,19H,7H2,1H3. The smallest absolute Gasteiger partial charge is 0.456 e. The molecule has 2 aromatic rings. The van der Waals surface area contributed by atoms with E-state index in [1.54, 1.807) is 24.3 Å². The first kappa shape index (κ1) is 15.0. The maximum atomic E-state index is 12.5. The molecular weight excluding hydrogens is 289 g/mol. The van der Waals surface area contributed by atoms with Gasteiger partial charge >= 0.3 is 6.18 Å². The van der Waals surface area contributed by atoms with Gasteiger partial charge in [0.1, 0.15) is 11.4 Å². The quantitative estimate of drug-likeness (QED) is 0.878. The molecule has 2 rings (SSSR count). The highest BCUT2D eigenvalue weighted by Gasteiger charge is 2.42. The van der Waals surface area contributed by atoms with Crippen LogP contribution in [0.1, 0.15) is 16.1 Å². The number of alkyl halides is 3. The van der Waals surface area contributed by atoms with E-state index in [9.17, 15) is 18.0 Å². The van der Waals surface area contributed by atoms with Crippen molar-refractivity contribution in [2.45, 2.75) is 12.8 Å². The summed E-state index contributed by atoms with van der Waals surface area (Å²) in [5.74, 6) is -1.52. The van der Waals surface area contributed by atoms with Crippen LogP contribution in [-0.2, 0) is 6.61 Å². The normalized spacial score (nSPS) is 11.5. The Hall–Kier alpha value is -2.35. The van der Waals surface area contributed by atoms with E-state index in [-0.39, 0.29) is 5.56 Å². The van der Waals surface area contributed by atoms with E-state index in [1.807, 2.05) is 0 Å². The van der Waals surface area contributed by atoms with Crippen molar-refractivity contribution in [3.63, 3.8) is 0 Å². The van der Waals surface area contributed by atoms with Crippen LogP contribution in [-0.4, -0.2) is 34.0 Å². The molecule has 0 aliphatic rings. The highest BCUT2D eigenvalue weighted by Crippen LogP contribution is 2.24. The number of aliphatic hydroxyl groups excluding tert-OH is 1. The molecule has 0 bridgehead atoms. The second kappa shape index (κ2) is 5.57. The summed E-state index contributed by atoms with van der Waals surface area (Å²) in [4.78, 5) is 11.3. The molecule has 8 heteroatoms. The van der Waals surface area contributed by atoms with Crippen molar-refractivity contribution in [3.8, 4) is 11.4 Å². The Balaban J connectivity index is 2.42. The zero-order chi connectivity index (χ0) is 15.6. The van der Waals surface area contributed by atoms with Crippen molar-refractivity contribution in [3.05, 3.63) is 41.7 Å². The summed E-state index contributed by atoms with van der Waals surface area (Å²) in [6.07, 6.45) is -3.86. The summed E-state index contributed by atoms with van der Waals surface area (Å²) in [5.41, 5.74) is -0.555. The molecule has 1 N–H and O–H groups in total. The fraction of sp³-hybridized carbons (Fsp3) is 0.231. The first-order chi connectivity index (χ1) is 9.86. The van der Waals surface area contributed by atoms with E-state index in [2.05, 4.69) is 5.10 Å². The molecule has 1 aromatic carbocycles. The summed E-state index contributed by atoms with van der Waals surface area (Å²) in [7, 11) is 1.48. The first-order valence-corrected chi connectivity index (χ1v) is 5.82. The maximum Gasteiger partial charge on any atom is 0.456 e. The number of methoxy groups -OCH3 is 1. The number of halogens is 3. The van der Waals surface area contributed by atoms with Gasteiger partial charge in [0.15, 0.2) is 0 Å². The molecule has 0 aliphatic heterocycles. The average molecular weight is 300 g/mol. The third-order valence-electron chi connectivity index (χ3n) is 2.77. The van der Waals surface area contributed by atoms with E-state index in [0.717, 1.165) is 4.68 Å². The predicted octanol–water partition coefficient (Wildman–Crippen LogP) is 2.12. The van der Waals surface area contributed by atoms with Gasteiger partial charge in [-0.05, 0) is 24.3 Å². The molecule has 1 aromatic heterocycles. The van der Waals surface area contributed by atoms with E-state index >= 15 is 0 Å². The van der Waals surface area contributed by atoms with Crippen LogP contribution in [0.15, 0.2) is 30.5 Å². The van der Waals surface area contributed by atoms with Crippen LogP contribution in [0.25, 0.3) is 5.69 Å². The molecule has 0 radical (unpaired) electrons. The van der Waals surface area contributed by atoms with Gasteiger partial charge in [-0.2, -0.15) is 18.3 Å². The van der Waals surface area contributed by atoms with Crippen LogP contribution in [0.5, 0.6) is 5.75 Å². The van der Waals surface area contributed by atoms with Gasteiger partial charge in [0.25, 0.3) is 5.78 Å². The molecule has 0 atom stereocenters. The van der Waals surface area contributed by atoms with Gasteiger partial charge in [0.05, 0.1) is 19.4 Å². The minimum absolute atomic E-state index is 0.187. The highest BCUT2D eigenvalue weighted by atomic mass is 19.4. The van der Waals surface area contributed by atoms with E-state index in [0.29, 0.717) is 11.4 Å². The average Bonchev–Trinajstić information content (AvgIpc) is 2.89. The minimum atomic E-state index is -5.04. The van der Waals surface area contributed by atoms with Crippen LogP contribution in [0.2, 0.25) is 0 Å². The molecular formula is C13H11F3N2O3. The van der Waals surface area contributed by atoms with Gasteiger partial charge in [0.2, 0.25) is 0 Å². The molecule has 0 unspecified atom stereocenters. The fourth-order valence-corrected chi connectivity index (χ4v) is 1.72. The van der Waals surface area contributed by atoms with E-state index < -0.39 is 24.3 Å². The molecule has 0 aliphatic carbocycles. The highest BCUT2D eigenvalue weighted by molar-refractivity contribution is 5.99. The maximum absolute atomic E-state index is 12.5. The second-order valence-corrected chi connectivity index (χ2v) is 4.13. The van der Waals surface area contributed by atoms with Crippen molar-refractivity contribution in [1.82, 2.24) is 9.78 Å². The predicted molar refractivity (Wildman–Crippen MR) is 66.4 cm³/mol. The Labute approximate surface area is 117 Å². The number of ether oxygens (including phenoxy) is 1. The Morgan fingerprint density at radius 3 is 2.43 bits per heavy atom. The van der Waals surface area contributed by atoms with Gasteiger partial charge in [-0.1, -0.05) is 0 Å². The number of carbonyl (C=O) groups is 1. The lowest BCUT2D eigenvalue weighted by Gasteiger charge is -2.04. The SMILES string of the molecule is COc1ccc(-n2cc(CO)c(C(=O)C(F)(F)F)n2)cc1. The molecule has 21 heavy (non-hydrogen) atoms. The number of carbonyl (C=O) groups excluding carboxylic acids is 1. The molecule has 0 saturated carbocycles. The Morgan fingerprint density at radius 1 is 1.33 bits per heavy atom. The number of ketones is 1. The van der Waals surface area contributed by atoms with E-state index in [4.69, 9.17) is 9.84 Å². The molecule has 0 saturated heterocycles. The Kier molecular flexibility index (Phi) is 3.99. The molecule has 0 fully saturated rings. The molecule has 0 spiro atoms. The lowest BCUT2D eigenvalue weighted by molar-refractivity contribution is -0.0889. The van der Waals surface area contributed by atoms with Crippen molar-refractivity contribution in [2.24, 2.45) is 0 Å². The number of hydrogen-bond donors (Lipinski definition) is 1. The van der Waals surface area contributed by atoms with Crippen LogP contribution >= 0.6 is 0 Å². The summed E-state index contributed by atoms with van der Waals surface area (Å²) in [6, 6.07) is 6.32. The first-order valence-electron chi connectivity index (χ1n) is 5.82. The van der Waals surface area contributed by atoms with Gasteiger partial charge in [-0.3, -0.25) is 4.79 Å². The van der Waals surface area contributed by atoms with Gasteiger partial charge < -0.3 is 9.84 Å². The summed E-state index contributed by atoms with van der Waals surface area (Å²) >= 11 is 0. The monoisotopic (exact) mass is 300 g/mol. The van der Waals surface area contributed by atoms with Crippen LogP contribution in [0.3, 0.4) is 0 Å². The number of aliphatic hydroxyl groups is 1. The number of Topliss-reactive ketones (excluding diaryl/α,β-unsaturated/α-hetero) is 1. The minimum Gasteiger partial charge on any atom is -0.497 e. The summed E-state index contributed by atoms with van der Waals surface area (Å²) in [6.45, 7) is -0.715. The van der Waals surface area contributed by atoms with Crippen molar-refractivity contribution in [2.75, 3.05) is 7.11 Å². The summed E-state index contributed by atoms with van der Waals surface area (Å²) < 4.78 is 43.5. The van der Waals surface area contributed by atoms with Gasteiger partial charge in [-0.15, -0.1) is 0 Å². The van der Waals surface area contributed by atoms with Crippen LogP contribution in [0.4, 0.5) is 13.2 Å². The number of nitrogens with zero attached hydrogens (tertiary/aromatic N) is 2. The van der Waals surface area contributed by atoms with E-state index in [1.165, 1.54) is 13.3 Å². The number of aromatic nitrogens is 2. The van der Waals surface area contributed by atoms with Crippen molar-refractivity contribution in [1.29, 1.82) is 0 Å². The topological polar surface area (TPSA) is 64.3 Å².